The van der Waals surface area contributed by atoms with E-state index < -0.39 is 0 Å². The van der Waals surface area contributed by atoms with Gasteiger partial charge in [0.2, 0.25) is 0 Å². The summed E-state index contributed by atoms with van der Waals surface area (Å²) in [5, 5.41) is 6.32. The number of methoxy groups -OCH3 is 2. The lowest BCUT2D eigenvalue weighted by Gasteiger charge is -2.03. The van der Waals surface area contributed by atoms with Crippen molar-refractivity contribution in [3.63, 3.8) is 0 Å². The second-order valence-corrected chi connectivity index (χ2v) is 6.43. The maximum absolute atomic E-state index is 11.7. The molecule has 0 atom stereocenters. The molecule has 2 aromatic heterocycles. The fourth-order valence-electron chi connectivity index (χ4n) is 2.94. The molecule has 0 saturated heterocycles. The van der Waals surface area contributed by atoms with Crippen LogP contribution in [-0.2, 0) is 14.1 Å². The summed E-state index contributed by atoms with van der Waals surface area (Å²) in [5.74, 6) is 1.12. The molecule has 0 fully saturated rings. The molecule has 2 N–H and O–H groups in total. The maximum Gasteiger partial charge on any atom is 0.272 e. The van der Waals surface area contributed by atoms with Crippen molar-refractivity contribution in [2.24, 2.45) is 14.1 Å². The van der Waals surface area contributed by atoms with Gasteiger partial charge >= 0.3 is 0 Å². The molecular weight excluding hydrogens is 392 g/mol. The minimum Gasteiger partial charge on any atom is -0.497 e. The second-order valence-electron chi connectivity index (χ2n) is 6.43. The molecule has 0 radical (unpaired) electrons. The van der Waals surface area contributed by atoms with Crippen LogP contribution < -0.4 is 31.7 Å². The van der Waals surface area contributed by atoms with E-state index in [-0.39, 0.29) is 22.2 Å². The van der Waals surface area contributed by atoms with Crippen LogP contribution in [0.4, 0.5) is 0 Å². The third kappa shape index (κ3) is 3.75. The lowest BCUT2D eigenvalue weighted by molar-refractivity contribution is 0.415. The van der Waals surface area contributed by atoms with Gasteiger partial charge in [-0.3, -0.25) is 38.7 Å². The number of aromatic amines is 2. The summed E-state index contributed by atoms with van der Waals surface area (Å²) in [7, 11) is 6.03. The molecule has 0 saturated carbocycles. The molecule has 0 aliphatic carbocycles. The Hall–Kier alpha value is -4.08. The smallest absolute Gasteiger partial charge is 0.272 e. The van der Waals surface area contributed by atoms with Crippen molar-refractivity contribution < 1.29 is 9.47 Å². The van der Waals surface area contributed by atoms with Crippen LogP contribution in [0.15, 0.2) is 55.6 Å². The number of rotatable bonds is 2. The third-order valence-corrected chi connectivity index (χ3v) is 4.55. The Morgan fingerprint density at radius 3 is 1.60 bits per heavy atom. The molecule has 156 valence electrons. The number of nitrogens with one attached hydrogen (secondary N) is 2. The van der Waals surface area contributed by atoms with E-state index >= 15 is 0 Å². The van der Waals surface area contributed by atoms with Crippen molar-refractivity contribution in [2.75, 3.05) is 14.2 Å². The number of hydrogen-bond acceptors (Lipinski definition) is 6. The van der Waals surface area contributed by atoms with Gasteiger partial charge < -0.3 is 9.47 Å². The minimum atomic E-state index is -0.300. The quantitative estimate of drug-likeness (QED) is 0.493. The van der Waals surface area contributed by atoms with Crippen LogP contribution in [-0.4, -0.2) is 33.8 Å². The number of nitrogens with zero attached hydrogens (tertiary/aromatic N) is 2. The predicted molar refractivity (Wildman–Crippen MR) is 113 cm³/mol. The van der Waals surface area contributed by atoms with E-state index in [1.165, 1.54) is 28.3 Å². The first-order valence-electron chi connectivity index (χ1n) is 8.81. The molecular formula is C20H20N4O6. The van der Waals surface area contributed by atoms with Crippen LogP contribution in [0.3, 0.4) is 0 Å². The zero-order valence-electron chi connectivity index (χ0n) is 16.8. The Morgan fingerprint density at radius 1 is 0.633 bits per heavy atom. The average Bonchev–Trinajstić information content (AvgIpc) is 2.75. The van der Waals surface area contributed by atoms with Crippen LogP contribution in [0.1, 0.15) is 0 Å². The number of aryl methyl sites for hydroxylation is 2. The van der Waals surface area contributed by atoms with Gasteiger partial charge in [0.05, 0.1) is 35.8 Å². The molecule has 10 nitrogen and oxygen atoms in total. The number of H-pyrrole nitrogens is 2. The van der Waals surface area contributed by atoms with Crippen molar-refractivity contribution in [2.45, 2.75) is 0 Å². The molecule has 0 aliphatic rings. The number of ether oxygens (including phenoxy) is 2. The van der Waals surface area contributed by atoms with Crippen molar-refractivity contribution in [3.05, 3.63) is 77.8 Å². The summed E-state index contributed by atoms with van der Waals surface area (Å²) < 4.78 is 12.3. The van der Waals surface area contributed by atoms with Gasteiger partial charge in [0.25, 0.3) is 22.2 Å². The zero-order valence-corrected chi connectivity index (χ0v) is 16.8. The summed E-state index contributed by atoms with van der Waals surface area (Å²) in [6.45, 7) is 0. The molecule has 2 heterocycles. The van der Waals surface area contributed by atoms with E-state index in [2.05, 4.69) is 10.2 Å². The van der Waals surface area contributed by atoms with Crippen LogP contribution in [0.5, 0.6) is 11.5 Å². The summed E-state index contributed by atoms with van der Waals surface area (Å²) >= 11 is 0. The van der Waals surface area contributed by atoms with E-state index in [0.717, 1.165) is 9.36 Å². The van der Waals surface area contributed by atoms with Gasteiger partial charge in [0.15, 0.2) is 0 Å². The first-order valence-corrected chi connectivity index (χ1v) is 8.81. The van der Waals surface area contributed by atoms with E-state index in [1.54, 1.807) is 36.4 Å². The molecule has 0 aliphatic heterocycles. The molecule has 2 aromatic carbocycles. The number of hydrogen-bond donors (Lipinski definition) is 2. The van der Waals surface area contributed by atoms with E-state index in [9.17, 15) is 19.2 Å². The lowest BCUT2D eigenvalue weighted by Crippen LogP contribution is -2.27. The van der Waals surface area contributed by atoms with Crippen LogP contribution >= 0.6 is 0 Å². The van der Waals surface area contributed by atoms with Crippen molar-refractivity contribution in [3.8, 4) is 11.5 Å². The van der Waals surface area contributed by atoms with Gasteiger partial charge in [-0.2, -0.15) is 0 Å². The maximum atomic E-state index is 11.7. The first kappa shape index (κ1) is 20.6. The van der Waals surface area contributed by atoms with Crippen LogP contribution in [0.25, 0.3) is 21.5 Å². The Labute approximate surface area is 168 Å². The van der Waals surface area contributed by atoms with Gasteiger partial charge in [0.1, 0.15) is 11.5 Å². The fraction of sp³-hybridized carbons (Fsp3) is 0.200. The first-order chi connectivity index (χ1) is 14.3. The summed E-state index contributed by atoms with van der Waals surface area (Å²) in [5.41, 5.74) is -1.06. The largest absolute Gasteiger partial charge is 0.497 e. The second kappa shape index (κ2) is 8.11. The topological polar surface area (TPSA) is 128 Å². The highest BCUT2D eigenvalue weighted by molar-refractivity contribution is 5.82. The molecule has 0 amide bonds. The number of benzene rings is 2. The van der Waals surface area contributed by atoms with Gasteiger partial charge in [0, 0.05) is 14.1 Å². The number of aromatic nitrogens is 4. The number of fused-ring (bicyclic) bond motifs is 2. The van der Waals surface area contributed by atoms with E-state index in [0.29, 0.717) is 33.0 Å². The highest BCUT2D eigenvalue weighted by atomic mass is 16.5. The van der Waals surface area contributed by atoms with Crippen molar-refractivity contribution >= 4 is 21.5 Å². The minimum absolute atomic E-state index is 0.229. The van der Waals surface area contributed by atoms with Gasteiger partial charge in [-0.1, -0.05) is 0 Å². The third-order valence-electron chi connectivity index (χ3n) is 4.55. The molecule has 10 heteroatoms. The Bertz CT molecular complexity index is 1480. The molecule has 4 aromatic rings. The Morgan fingerprint density at radius 2 is 1.07 bits per heavy atom. The highest BCUT2D eigenvalue weighted by Gasteiger charge is 2.07. The highest BCUT2D eigenvalue weighted by Crippen LogP contribution is 2.15. The monoisotopic (exact) mass is 412 g/mol. The lowest BCUT2D eigenvalue weighted by atomic mass is 10.2. The predicted octanol–water partition coefficient (Wildman–Crippen LogP) is 0.471. The van der Waals surface area contributed by atoms with E-state index in [1.807, 2.05) is 0 Å². The van der Waals surface area contributed by atoms with Gasteiger partial charge in [-0.15, -0.1) is 0 Å². The Kier molecular flexibility index (Phi) is 5.58. The zero-order chi connectivity index (χ0) is 22.0. The van der Waals surface area contributed by atoms with Gasteiger partial charge in [-0.25, -0.2) is 0 Å². The summed E-state index contributed by atoms with van der Waals surface area (Å²) in [6.07, 6.45) is 0. The molecule has 0 spiro atoms. The standard InChI is InChI=1S/2C10H10N2O3/c1-12-10(14)7-4-3-6(15-2)5-8(7)9(13)11-12;1-12-10(14)8-5-6(15-2)3-4-7(8)9(13)11-12/h2*3-5H,1-2H3,(H,11,13). The molecule has 30 heavy (non-hydrogen) atoms. The van der Waals surface area contributed by atoms with Crippen molar-refractivity contribution in [1.82, 2.24) is 19.6 Å². The SMILES string of the molecule is COc1ccc2c(=O)[nH]n(C)c(=O)c2c1.COc1ccc2c(=O)n(C)[nH]c(=O)c2c1. The van der Waals surface area contributed by atoms with Crippen molar-refractivity contribution in [1.29, 1.82) is 0 Å². The molecule has 0 unspecified atom stereocenters. The normalized spacial score (nSPS) is 10.5. The van der Waals surface area contributed by atoms with Crippen LogP contribution in [0.2, 0.25) is 0 Å². The summed E-state index contributed by atoms with van der Waals surface area (Å²) in [4.78, 5) is 46.4. The molecule has 0 bridgehead atoms. The van der Waals surface area contributed by atoms with E-state index in [4.69, 9.17) is 9.47 Å². The van der Waals surface area contributed by atoms with Gasteiger partial charge in [-0.05, 0) is 36.4 Å². The van der Waals surface area contributed by atoms with Crippen LogP contribution in [0, 0.1) is 0 Å². The summed E-state index contributed by atoms with van der Waals surface area (Å²) in [6, 6.07) is 9.59. The fourth-order valence-corrected chi connectivity index (χ4v) is 2.94. The molecule has 4 rings (SSSR count). The average molecular weight is 412 g/mol. The Balaban J connectivity index is 0.000000171.